The molecule has 0 bridgehead atoms. The van der Waals surface area contributed by atoms with Gasteiger partial charge in [0.2, 0.25) is 0 Å². The van der Waals surface area contributed by atoms with E-state index in [2.05, 4.69) is 42.2 Å². The van der Waals surface area contributed by atoms with Crippen LogP contribution in [-0.4, -0.2) is 35.3 Å². The summed E-state index contributed by atoms with van der Waals surface area (Å²) in [5.41, 5.74) is 3.51. The molecule has 3 atom stereocenters. The maximum atomic E-state index is 10.5. The third-order valence-corrected chi connectivity index (χ3v) is 6.57. The van der Waals surface area contributed by atoms with Crippen LogP contribution in [0.4, 0.5) is 0 Å². The van der Waals surface area contributed by atoms with Crippen LogP contribution in [0.1, 0.15) is 36.5 Å². The minimum atomic E-state index is -0.153. The summed E-state index contributed by atoms with van der Waals surface area (Å²) in [5.74, 6) is 0.946. The number of benzene rings is 2. The fourth-order valence-electron chi connectivity index (χ4n) is 5.00. The van der Waals surface area contributed by atoms with Crippen LogP contribution in [-0.2, 0) is 23.3 Å². The summed E-state index contributed by atoms with van der Waals surface area (Å²) in [7, 11) is 0. The lowest BCUT2D eigenvalue weighted by Crippen LogP contribution is -2.43. The molecule has 3 aliphatic rings. The summed E-state index contributed by atoms with van der Waals surface area (Å²) in [4.78, 5) is 2.47. The van der Waals surface area contributed by atoms with Gasteiger partial charge < -0.3 is 14.6 Å². The predicted octanol–water partition coefficient (Wildman–Crippen LogP) is 4.16. The Kier molecular flexibility index (Phi) is 4.41. The number of rotatable bonds is 4. The van der Waals surface area contributed by atoms with Crippen LogP contribution in [0.3, 0.4) is 0 Å². The number of aromatic hydroxyl groups is 1. The minimum Gasteiger partial charge on any atom is -0.504 e. The second-order valence-corrected chi connectivity index (χ2v) is 8.14. The van der Waals surface area contributed by atoms with Crippen molar-refractivity contribution in [3.8, 4) is 11.5 Å². The molecule has 0 radical (unpaired) electrons. The van der Waals surface area contributed by atoms with E-state index in [1.807, 2.05) is 18.2 Å². The normalized spacial score (nSPS) is 28.3. The summed E-state index contributed by atoms with van der Waals surface area (Å²) < 4.78 is 12.5. The highest BCUT2D eigenvalue weighted by atomic mass is 16.5. The van der Waals surface area contributed by atoms with Crippen molar-refractivity contribution in [2.45, 2.75) is 50.5 Å². The minimum absolute atomic E-state index is 0.0112. The highest BCUT2D eigenvalue weighted by Gasteiger charge is 2.52. The topological polar surface area (TPSA) is 41.9 Å². The Labute approximate surface area is 166 Å². The number of ether oxygens (including phenoxy) is 2. The van der Waals surface area contributed by atoms with Gasteiger partial charge in [0, 0.05) is 18.5 Å². The van der Waals surface area contributed by atoms with Gasteiger partial charge in [0.05, 0.1) is 18.1 Å². The standard InChI is InChI=1S/C24H27NO3/c1-2-25-13-12-24-11-10-19(27-16-17-6-4-3-5-7-17)14-21(24)28-23-20(26)9-8-18(15-25)22(23)24/h3-11,19,21,26H,2,12-16H2,1H3/t19-,21-,24-/m0/s1. The van der Waals surface area contributed by atoms with E-state index < -0.39 is 0 Å². The summed E-state index contributed by atoms with van der Waals surface area (Å²) in [6, 6.07) is 14.1. The van der Waals surface area contributed by atoms with Crippen molar-refractivity contribution < 1.29 is 14.6 Å². The van der Waals surface area contributed by atoms with Crippen molar-refractivity contribution in [3.63, 3.8) is 0 Å². The van der Waals surface area contributed by atoms with Crippen molar-refractivity contribution in [3.05, 3.63) is 71.3 Å². The van der Waals surface area contributed by atoms with Crippen molar-refractivity contribution >= 4 is 0 Å². The van der Waals surface area contributed by atoms with Gasteiger partial charge in [-0.1, -0.05) is 55.5 Å². The number of hydrogen-bond donors (Lipinski definition) is 1. The van der Waals surface area contributed by atoms with Gasteiger partial charge in [-0.05, 0) is 36.7 Å². The number of phenols is 1. The average Bonchev–Trinajstić information content (AvgIpc) is 2.98. The fraction of sp³-hybridized carbons (Fsp3) is 0.417. The molecule has 4 heteroatoms. The highest BCUT2D eigenvalue weighted by Crippen LogP contribution is 2.55. The molecule has 5 rings (SSSR count). The van der Waals surface area contributed by atoms with Crippen LogP contribution in [0.25, 0.3) is 0 Å². The molecule has 0 unspecified atom stereocenters. The van der Waals surface area contributed by atoms with E-state index in [0.29, 0.717) is 12.4 Å². The van der Waals surface area contributed by atoms with Crippen molar-refractivity contribution in [2.24, 2.45) is 0 Å². The van der Waals surface area contributed by atoms with Crippen molar-refractivity contribution in [1.29, 1.82) is 0 Å². The third kappa shape index (κ3) is 2.83. The maximum Gasteiger partial charge on any atom is 0.165 e. The Balaban J connectivity index is 1.44. The van der Waals surface area contributed by atoms with E-state index in [0.717, 1.165) is 32.5 Å². The van der Waals surface area contributed by atoms with E-state index in [9.17, 15) is 5.11 Å². The summed E-state index contributed by atoms with van der Waals surface area (Å²) in [5, 5.41) is 10.5. The van der Waals surface area contributed by atoms with Crippen LogP contribution >= 0.6 is 0 Å². The van der Waals surface area contributed by atoms with Gasteiger partial charge in [-0.25, -0.2) is 0 Å². The Morgan fingerprint density at radius 3 is 2.89 bits per heavy atom. The van der Waals surface area contributed by atoms with Crippen LogP contribution < -0.4 is 4.74 Å². The zero-order chi connectivity index (χ0) is 19.1. The Morgan fingerprint density at radius 2 is 2.07 bits per heavy atom. The SMILES string of the molecule is CCN1CC[C@@]23C=C[C@H](OCc4ccccc4)C[C@@H]2Oc2c(O)ccc(c23)C1. The van der Waals surface area contributed by atoms with E-state index in [-0.39, 0.29) is 23.4 Å². The first-order chi connectivity index (χ1) is 13.7. The largest absolute Gasteiger partial charge is 0.504 e. The first-order valence-electron chi connectivity index (χ1n) is 10.3. The van der Waals surface area contributed by atoms with Gasteiger partial charge in [-0.2, -0.15) is 0 Å². The summed E-state index contributed by atoms with van der Waals surface area (Å²) in [6.45, 7) is 5.79. The van der Waals surface area contributed by atoms with Gasteiger partial charge in [0.1, 0.15) is 6.10 Å². The molecule has 1 N–H and O–H groups in total. The average molecular weight is 377 g/mol. The summed E-state index contributed by atoms with van der Waals surface area (Å²) in [6.07, 6.45) is 6.39. The molecular weight excluding hydrogens is 350 g/mol. The van der Waals surface area contributed by atoms with Gasteiger partial charge in [-0.15, -0.1) is 0 Å². The van der Waals surface area contributed by atoms with Crippen molar-refractivity contribution in [1.82, 2.24) is 4.90 Å². The first-order valence-corrected chi connectivity index (χ1v) is 10.3. The van der Waals surface area contributed by atoms with E-state index in [1.165, 1.54) is 16.7 Å². The molecule has 4 nitrogen and oxygen atoms in total. The fourth-order valence-corrected chi connectivity index (χ4v) is 5.00. The second-order valence-electron chi connectivity index (χ2n) is 8.14. The van der Waals surface area contributed by atoms with Gasteiger partial charge in [0.25, 0.3) is 0 Å². The quantitative estimate of drug-likeness (QED) is 0.813. The molecule has 146 valence electrons. The van der Waals surface area contributed by atoms with Crippen molar-refractivity contribution in [2.75, 3.05) is 13.1 Å². The molecule has 0 saturated carbocycles. The highest BCUT2D eigenvalue weighted by molar-refractivity contribution is 5.60. The first kappa shape index (κ1) is 17.8. The molecule has 1 aliphatic carbocycles. The monoisotopic (exact) mass is 377 g/mol. The summed E-state index contributed by atoms with van der Waals surface area (Å²) >= 11 is 0. The van der Waals surface area contributed by atoms with Crippen LogP contribution in [0.5, 0.6) is 11.5 Å². The third-order valence-electron chi connectivity index (χ3n) is 6.57. The van der Waals surface area contributed by atoms with Gasteiger partial charge >= 0.3 is 0 Å². The molecule has 2 aromatic carbocycles. The second kappa shape index (κ2) is 6.94. The lowest BCUT2D eigenvalue weighted by Gasteiger charge is -2.37. The van der Waals surface area contributed by atoms with Crippen LogP contribution in [0, 0.1) is 0 Å². The zero-order valence-corrected chi connectivity index (χ0v) is 16.3. The van der Waals surface area contributed by atoms with Gasteiger partial charge in [0.15, 0.2) is 11.5 Å². The lowest BCUT2D eigenvalue weighted by molar-refractivity contribution is 0.0188. The molecule has 28 heavy (non-hydrogen) atoms. The number of hydrogen-bond acceptors (Lipinski definition) is 4. The number of phenolic OH excluding ortho intramolecular Hbond substituents is 1. The van der Waals surface area contributed by atoms with E-state index in [4.69, 9.17) is 9.47 Å². The predicted molar refractivity (Wildman–Crippen MR) is 109 cm³/mol. The number of nitrogens with zero attached hydrogens (tertiary/aromatic N) is 1. The molecule has 0 fully saturated rings. The molecule has 2 aromatic rings. The van der Waals surface area contributed by atoms with Crippen LogP contribution in [0.15, 0.2) is 54.6 Å². The smallest absolute Gasteiger partial charge is 0.165 e. The molecule has 2 aliphatic heterocycles. The lowest BCUT2D eigenvalue weighted by atomic mass is 9.69. The molecular formula is C24H27NO3. The van der Waals surface area contributed by atoms with E-state index >= 15 is 0 Å². The Bertz CT molecular complexity index is 894. The maximum absolute atomic E-state index is 10.5. The van der Waals surface area contributed by atoms with E-state index in [1.54, 1.807) is 6.07 Å². The molecule has 0 amide bonds. The molecule has 0 aromatic heterocycles. The molecule has 0 saturated heterocycles. The zero-order valence-electron chi connectivity index (χ0n) is 16.3. The molecule has 1 spiro atoms. The Morgan fingerprint density at radius 1 is 1.21 bits per heavy atom. The van der Waals surface area contributed by atoms with Crippen LogP contribution in [0.2, 0.25) is 0 Å². The molecule has 2 heterocycles. The van der Waals surface area contributed by atoms with Gasteiger partial charge in [-0.3, -0.25) is 4.90 Å². The Hall–Kier alpha value is -2.30.